The van der Waals surface area contributed by atoms with Gasteiger partial charge in [-0.1, -0.05) is 353 Å². The molecule has 1 unspecified atom stereocenters. The van der Waals surface area contributed by atoms with Crippen LogP contribution in [0.1, 0.15) is 393 Å². The van der Waals surface area contributed by atoms with E-state index in [0.717, 1.165) is 77.0 Å². The van der Waals surface area contributed by atoms with Crippen molar-refractivity contribution >= 4 is 17.9 Å². The van der Waals surface area contributed by atoms with Crippen molar-refractivity contribution in [3.05, 3.63) is 36.5 Å². The fourth-order valence-corrected chi connectivity index (χ4v) is 10.8. The Hall–Kier alpha value is -2.37. The van der Waals surface area contributed by atoms with Gasteiger partial charge in [0, 0.05) is 19.3 Å². The van der Waals surface area contributed by atoms with Crippen molar-refractivity contribution in [1.29, 1.82) is 0 Å². The third kappa shape index (κ3) is 66.3. The fourth-order valence-electron chi connectivity index (χ4n) is 10.8. The number of allylic oxidation sites excluding steroid dienone is 6. The van der Waals surface area contributed by atoms with Gasteiger partial charge in [0.15, 0.2) is 6.10 Å². The first kappa shape index (κ1) is 76.6. The molecule has 0 aliphatic rings. The minimum absolute atomic E-state index is 0.0717. The first-order chi connectivity index (χ1) is 39.0. The lowest BCUT2D eigenvalue weighted by Gasteiger charge is -2.18. The second kappa shape index (κ2) is 68.1. The van der Waals surface area contributed by atoms with Crippen molar-refractivity contribution in [3.63, 3.8) is 0 Å². The van der Waals surface area contributed by atoms with Gasteiger partial charge in [-0.2, -0.15) is 0 Å². The van der Waals surface area contributed by atoms with E-state index in [9.17, 15) is 14.4 Å². The number of hydrogen-bond acceptors (Lipinski definition) is 6. The van der Waals surface area contributed by atoms with Crippen LogP contribution in [0.2, 0.25) is 0 Å². The molecule has 1 atom stereocenters. The molecule has 0 aromatic rings. The highest BCUT2D eigenvalue weighted by Crippen LogP contribution is 2.19. The summed E-state index contributed by atoms with van der Waals surface area (Å²) in [5, 5.41) is 0. The van der Waals surface area contributed by atoms with Gasteiger partial charge in [-0.25, -0.2) is 0 Å². The van der Waals surface area contributed by atoms with E-state index < -0.39 is 6.10 Å². The van der Waals surface area contributed by atoms with Crippen LogP contribution in [0.4, 0.5) is 0 Å². The molecule has 79 heavy (non-hydrogen) atoms. The van der Waals surface area contributed by atoms with Crippen LogP contribution in [0, 0.1) is 0 Å². The van der Waals surface area contributed by atoms with Crippen molar-refractivity contribution < 1.29 is 28.6 Å². The predicted octanol–water partition coefficient (Wildman–Crippen LogP) is 24.3. The maximum atomic E-state index is 12.9. The van der Waals surface area contributed by atoms with Crippen molar-refractivity contribution in [3.8, 4) is 0 Å². The Morgan fingerprint density at radius 3 is 0.734 bits per heavy atom. The largest absolute Gasteiger partial charge is 0.462 e. The number of carbonyl (C=O) groups excluding carboxylic acids is 3. The zero-order valence-electron chi connectivity index (χ0n) is 53.4. The summed E-state index contributed by atoms with van der Waals surface area (Å²) in [6.45, 7) is 6.69. The Bertz CT molecular complexity index is 1320. The summed E-state index contributed by atoms with van der Waals surface area (Å²) in [7, 11) is 0. The van der Waals surface area contributed by atoms with E-state index in [1.807, 2.05) is 0 Å². The van der Waals surface area contributed by atoms with Crippen LogP contribution in [0.5, 0.6) is 0 Å². The molecule has 0 spiro atoms. The maximum Gasteiger partial charge on any atom is 0.306 e. The van der Waals surface area contributed by atoms with E-state index in [-0.39, 0.29) is 31.1 Å². The molecule has 6 nitrogen and oxygen atoms in total. The predicted molar refractivity (Wildman–Crippen MR) is 344 cm³/mol. The number of esters is 3. The van der Waals surface area contributed by atoms with Crippen LogP contribution >= 0.6 is 0 Å². The van der Waals surface area contributed by atoms with Gasteiger partial charge in [0.05, 0.1) is 0 Å². The summed E-state index contributed by atoms with van der Waals surface area (Å²) in [6.07, 6.45) is 84.5. The van der Waals surface area contributed by atoms with Crippen LogP contribution in [-0.2, 0) is 28.6 Å². The molecule has 0 fully saturated rings. The molecule has 0 bridgehead atoms. The minimum Gasteiger partial charge on any atom is -0.462 e. The van der Waals surface area contributed by atoms with Crippen LogP contribution in [0.3, 0.4) is 0 Å². The van der Waals surface area contributed by atoms with E-state index in [1.54, 1.807) is 0 Å². The Kier molecular flexibility index (Phi) is 66.1. The lowest BCUT2D eigenvalue weighted by atomic mass is 10.0. The van der Waals surface area contributed by atoms with Gasteiger partial charge in [-0.3, -0.25) is 14.4 Å². The second-order valence-electron chi connectivity index (χ2n) is 24.2. The number of carbonyl (C=O) groups is 3. The summed E-state index contributed by atoms with van der Waals surface area (Å²) in [5.41, 5.74) is 0. The second-order valence-corrected chi connectivity index (χ2v) is 24.2. The quantitative estimate of drug-likeness (QED) is 0.0261. The van der Waals surface area contributed by atoms with Gasteiger partial charge in [-0.15, -0.1) is 0 Å². The first-order valence-corrected chi connectivity index (χ1v) is 35.5. The van der Waals surface area contributed by atoms with Gasteiger partial charge in [0.2, 0.25) is 0 Å². The summed E-state index contributed by atoms with van der Waals surface area (Å²) >= 11 is 0. The van der Waals surface area contributed by atoms with E-state index in [4.69, 9.17) is 14.2 Å². The topological polar surface area (TPSA) is 78.9 Å². The monoisotopic (exact) mass is 1110 g/mol. The molecule has 0 saturated heterocycles. The number of rotatable bonds is 66. The molecule has 0 rings (SSSR count). The molecule has 0 saturated carbocycles. The number of hydrogen-bond donors (Lipinski definition) is 0. The normalized spacial score (nSPS) is 12.2. The van der Waals surface area contributed by atoms with Crippen molar-refractivity contribution in [2.24, 2.45) is 0 Å². The molecule has 0 heterocycles. The molecule has 0 amide bonds. The fraction of sp³-hybridized carbons (Fsp3) is 0.877. The van der Waals surface area contributed by atoms with Gasteiger partial charge in [0.1, 0.15) is 13.2 Å². The molecule has 0 N–H and O–H groups in total. The minimum atomic E-state index is -0.777. The van der Waals surface area contributed by atoms with Gasteiger partial charge < -0.3 is 14.2 Å². The lowest BCUT2D eigenvalue weighted by molar-refractivity contribution is -0.167. The molecule has 464 valence electrons. The zero-order chi connectivity index (χ0) is 57.1. The Labute approximate surface area is 493 Å². The van der Waals surface area contributed by atoms with E-state index in [0.29, 0.717) is 19.3 Å². The van der Waals surface area contributed by atoms with Crippen LogP contribution < -0.4 is 0 Å². The van der Waals surface area contributed by atoms with Crippen LogP contribution in [-0.4, -0.2) is 37.2 Å². The molecular weight excluding hydrogens is 973 g/mol. The lowest BCUT2D eigenvalue weighted by Crippen LogP contribution is -2.30. The van der Waals surface area contributed by atoms with E-state index in [2.05, 4.69) is 57.2 Å². The molecule has 0 aliphatic carbocycles. The van der Waals surface area contributed by atoms with Crippen LogP contribution in [0.25, 0.3) is 0 Å². The zero-order valence-corrected chi connectivity index (χ0v) is 53.4. The number of unbranched alkanes of at least 4 members (excludes halogenated alkanes) is 49. The van der Waals surface area contributed by atoms with Crippen LogP contribution in [0.15, 0.2) is 36.5 Å². The van der Waals surface area contributed by atoms with Gasteiger partial charge in [-0.05, 0) is 57.8 Å². The standard InChI is InChI=1S/C73H136O6/c1-4-7-10-13-16-19-22-25-28-31-33-34-35-36-37-38-40-42-45-48-51-54-57-60-63-66-72(75)78-69-70(68-77-71(74)65-62-59-56-53-50-47-44-41-30-27-24-21-18-15-12-9-6-3)79-73(76)67-64-61-58-55-52-49-46-43-39-32-29-26-23-20-17-14-11-8-5-2/h17,20,26,29,39,43,70H,4-16,18-19,21-25,27-28,30-38,40-42,44-69H2,1-3H3/b20-17-,29-26-,43-39-. The summed E-state index contributed by atoms with van der Waals surface area (Å²) in [5.74, 6) is -0.853. The Morgan fingerprint density at radius 1 is 0.253 bits per heavy atom. The third-order valence-electron chi connectivity index (χ3n) is 16.1. The molecule has 0 aromatic carbocycles. The summed E-state index contributed by atoms with van der Waals surface area (Å²) in [6, 6.07) is 0. The molecular formula is C73H136O6. The summed E-state index contributed by atoms with van der Waals surface area (Å²) in [4.78, 5) is 38.5. The highest BCUT2D eigenvalue weighted by atomic mass is 16.6. The van der Waals surface area contributed by atoms with Gasteiger partial charge in [0.25, 0.3) is 0 Å². The third-order valence-corrected chi connectivity index (χ3v) is 16.1. The van der Waals surface area contributed by atoms with Crippen molar-refractivity contribution in [2.45, 2.75) is 399 Å². The summed E-state index contributed by atoms with van der Waals surface area (Å²) < 4.78 is 17.0. The molecule has 0 aromatic heterocycles. The van der Waals surface area contributed by atoms with Gasteiger partial charge >= 0.3 is 17.9 Å². The van der Waals surface area contributed by atoms with Crippen molar-refractivity contribution in [2.75, 3.05) is 13.2 Å². The highest BCUT2D eigenvalue weighted by molar-refractivity contribution is 5.71. The van der Waals surface area contributed by atoms with E-state index in [1.165, 1.54) is 276 Å². The highest BCUT2D eigenvalue weighted by Gasteiger charge is 2.19. The first-order valence-electron chi connectivity index (χ1n) is 35.5. The molecule has 6 heteroatoms. The average molecular weight is 1110 g/mol. The SMILES string of the molecule is CCCCC/C=C\C/C=C\C/C=C\CCCCCCCCC(=O)OC(COC(=O)CCCCCCCCCCCCCCCCCCC)COC(=O)CCCCCCCCCCCCCCCCCCCCCCCCCCC. The Balaban J connectivity index is 4.29. The van der Waals surface area contributed by atoms with Crippen molar-refractivity contribution in [1.82, 2.24) is 0 Å². The molecule has 0 radical (unpaired) electrons. The Morgan fingerprint density at radius 2 is 0.456 bits per heavy atom. The maximum absolute atomic E-state index is 12.9. The average Bonchev–Trinajstić information content (AvgIpc) is 3.45. The number of ether oxygens (including phenoxy) is 3. The smallest absolute Gasteiger partial charge is 0.306 e. The molecule has 0 aliphatic heterocycles. The van der Waals surface area contributed by atoms with E-state index >= 15 is 0 Å².